The van der Waals surface area contributed by atoms with E-state index >= 15 is 0 Å². The molecule has 0 aliphatic carbocycles. The van der Waals surface area contributed by atoms with E-state index in [0.29, 0.717) is 18.1 Å². The van der Waals surface area contributed by atoms with Crippen molar-refractivity contribution in [2.24, 2.45) is 17.8 Å². The summed E-state index contributed by atoms with van der Waals surface area (Å²) in [4.78, 5) is 18.7. The number of aliphatic hydroxyl groups excluding tert-OH is 2. The van der Waals surface area contributed by atoms with Crippen LogP contribution in [-0.4, -0.2) is 191 Å². The largest absolute Gasteiger partial charge is 0.459 e. The second kappa shape index (κ2) is 22.7. The predicted octanol–water partition coefficient (Wildman–Crippen LogP) is 4.17. The van der Waals surface area contributed by atoms with Crippen LogP contribution in [0.25, 0.3) is 0 Å². The fraction of sp³-hybridized carbons (Fsp3) is 0.857. The topological polar surface area (TPSA) is 217 Å². The van der Waals surface area contributed by atoms with Gasteiger partial charge in [-0.25, -0.2) is 8.42 Å². The molecular weight excluding hydrogens is 922 g/mol. The number of hydrogen-bond acceptors (Lipinski definition) is 16. The van der Waals surface area contributed by atoms with Crippen LogP contribution in [0.2, 0.25) is 5.02 Å². The van der Waals surface area contributed by atoms with Crippen LogP contribution >= 0.6 is 11.6 Å². The third-order valence-corrected chi connectivity index (χ3v) is 18.0. The summed E-state index contributed by atoms with van der Waals surface area (Å²) in [5, 5.41) is 61.5. The van der Waals surface area contributed by atoms with Crippen LogP contribution in [0.4, 0.5) is 0 Å². The summed E-state index contributed by atoms with van der Waals surface area (Å²) in [6.07, 6.45) is -6.89. The molecule has 4 fully saturated rings. The monoisotopic (exact) mass is 1010 g/mol. The number of sulfonamides is 1. The maximum absolute atomic E-state index is 14.6. The van der Waals surface area contributed by atoms with Gasteiger partial charge in [-0.2, -0.15) is 4.31 Å². The number of carbonyl (C=O) groups excluding carboxylic acids is 1. The van der Waals surface area contributed by atoms with E-state index in [2.05, 4.69) is 4.90 Å². The second-order valence-electron chi connectivity index (χ2n) is 21.3. The second-order valence-corrected chi connectivity index (χ2v) is 23.8. The molecule has 5 rings (SSSR count). The first-order chi connectivity index (χ1) is 31.5. The highest BCUT2D eigenvalue weighted by molar-refractivity contribution is 7.89. The van der Waals surface area contributed by atoms with Crippen LogP contribution < -0.4 is 0 Å². The zero-order valence-electron chi connectivity index (χ0n) is 42.7. The number of likely N-dealkylation sites (tertiary alicyclic amines) is 1. The number of likely N-dealkylation sites (N-methyl/N-ethyl adjacent to an activating group) is 2. The Hall–Kier alpha value is -1.59. The molecule has 4 saturated heterocycles. The van der Waals surface area contributed by atoms with Crippen molar-refractivity contribution in [2.75, 3.05) is 47.4 Å². The number of methoxy groups -OCH3 is 1. The van der Waals surface area contributed by atoms with Crippen molar-refractivity contribution in [1.29, 1.82) is 0 Å². The van der Waals surface area contributed by atoms with Gasteiger partial charge in [-0.3, -0.25) is 4.79 Å². The normalized spacial score (nSPS) is 43.7. The van der Waals surface area contributed by atoms with Gasteiger partial charge in [0.05, 0.1) is 46.9 Å². The van der Waals surface area contributed by atoms with E-state index in [9.17, 15) is 38.7 Å². The van der Waals surface area contributed by atoms with Crippen molar-refractivity contribution in [1.82, 2.24) is 14.1 Å². The zero-order valence-corrected chi connectivity index (χ0v) is 44.3. The number of rotatable bonds is 11. The lowest BCUT2D eigenvalue weighted by molar-refractivity contribution is -0.339. The highest BCUT2D eigenvalue weighted by Gasteiger charge is 2.59. The lowest BCUT2D eigenvalue weighted by Gasteiger charge is -2.55. The number of carbonyl (C=O) groups is 1. The third kappa shape index (κ3) is 12.2. The molecule has 0 bridgehead atoms. The Balaban J connectivity index is 1.58. The van der Waals surface area contributed by atoms with Gasteiger partial charge >= 0.3 is 5.97 Å². The summed E-state index contributed by atoms with van der Waals surface area (Å²) in [6, 6.07) is 4.09. The highest BCUT2D eigenvalue weighted by atomic mass is 35.5. The minimum Gasteiger partial charge on any atom is -0.459 e. The van der Waals surface area contributed by atoms with Crippen molar-refractivity contribution in [3.05, 3.63) is 29.3 Å². The molecule has 1 aromatic carbocycles. The number of ether oxygens (including phenoxy) is 6. The lowest BCUT2D eigenvalue weighted by atomic mass is 9.74. The summed E-state index contributed by atoms with van der Waals surface area (Å²) in [5.41, 5.74) is -6.27. The maximum atomic E-state index is 14.6. The molecule has 18 atom stereocenters. The molecule has 0 spiro atoms. The van der Waals surface area contributed by atoms with E-state index in [1.807, 2.05) is 18.7 Å². The summed E-state index contributed by atoms with van der Waals surface area (Å²) in [5.74, 6) is -3.10. The fourth-order valence-corrected chi connectivity index (χ4v) is 12.9. The first kappa shape index (κ1) is 57.3. The SMILES string of the molecule is CC[C@H]1OC(=O)[C@H](C)[C@@H](OC2CC(C)(OC)C(O)(CN3CCCCC3)[C@@H](C)O2)[C@H](C)[C@@H](O[C@@H]2O[C@H](C)C[C@H](N(C)S(=O)(=O)c3ccc(Cl)cc3)[C@H]2O)[C@](C)(O)C[C@@H](C)CN(C)[C@H](C)[C@@H](O)[C@]1(C)O. The van der Waals surface area contributed by atoms with Crippen molar-refractivity contribution in [3.63, 3.8) is 0 Å². The molecular formula is C49H84ClN3O14S. The molecule has 3 unspecified atom stereocenters. The Morgan fingerprint density at radius 2 is 1.54 bits per heavy atom. The predicted molar refractivity (Wildman–Crippen MR) is 256 cm³/mol. The van der Waals surface area contributed by atoms with Crippen LogP contribution in [0.3, 0.4) is 0 Å². The van der Waals surface area contributed by atoms with Gasteiger partial charge in [0.1, 0.15) is 35.1 Å². The Bertz CT molecular complexity index is 1910. The minimum absolute atomic E-state index is 0.0196. The van der Waals surface area contributed by atoms with E-state index in [1.165, 1.54) is 45.3 Å². The smallest absolute Gasteiger partial charge is 0.311 e. The molecule has 17 nitrogen and oxygen atoms in total. The average Bonchev–Trinajstić information content (AvgIpc) is 3.27. The number of piperidine rings is 1. The molecule has 0 amide bonds. The van der Waals surface area contributed by atoms with Crippen molar-refractivity contribution < 1.29 is 67.2 Å². The van der Waals surface area contributed by atoms with Crippen LogP contribution in [0.15, 0.2) is 29.2 Å². The number of β-amino-alcohol motifs (C(OH)–C–C–N with tert-alkyl or cyclic N) is 1. The number of halogens is 1. The first-order valence-electron chi connectivity index (χ1n) is 24.6. The standard InChI is InChI=1S/C49H84ClN3O14S/c1-14-38-48(10,58)42(55)33(6)51(11)27-29(2)25-46(8,57)43(67-45-40(54)37(24-30(3)63-45)52(12)68(60,61)36-20-18-35(50)19-21-36)31(4)41(32(5)44(56)65-38)66-39-26-47(9,62-13)49(59,34(7)64-39)28-53-22-16-15-17-23-53/h18-21,29-34,37-43,45,54-55,57-59H,14-17,22-28H2,1-13H3/t29-,30-,31+,32-,33-,34-,37+,38-,39?,40-,41+,42-,43-,45+,46-,47?,48-,49?/m1/s1. The van der Waals surface area contributed by atoms with Gasteiger partial charge in [-0.1, -0.05) is 38.8 Å². The van der Waals surface area contributed by atoms with Crippen molar-refractivity contribution in [3.8, 4) is 0 Å². The molecule has 4 aliphatic heterocycles. The van der Waals surface area contributed by atoms with Crippen molar-refractivity contribution >= 4 is 27.6 Å². The van der Waals surface area contributed by atoms with Crippen LogP contribution in [0.5, 0.6) is 0 Å². The molecule has 392 valence electrons. The van der Waals surface area contributed by atoms with Gasteiger partial charge in [0.15, 0.2) is 12.6 Å². The minimum atomic E-state index is -4.15. The molecule has 5 N–H and O–H groups in total. The lowest BCUT2D eigenvalue weighted by Crippen LogP contribution is -2.70. The van der Waals surface area contributed by atoms with E-state index in [4.69, 9.17) is 40.0 Å². The maximum Gasteiger partial charge on any atom is 0.311 e. The van der Waals surface area contributed by atoms with Gasteiger partial charge in [0.2, 0.25) is 10.0 Å². The zero-order chi connectivity index (χ0) is 50.9. The molecule has 4 heterocycles. The van der Waals surface area contributed by atoms with Crippen LogP contribution in [0.1, 0.15) is 114 Å². The first-order valence-corrected chi connectivity index (χ1v) is 26.4. The molecule has 1 aromatic rings. The van der Waals surface area contributed by atoms with E-state index < -0.39 is 118 Å². The van der Waals surface area contributed by atoms with E-state index in [1.54, 1.807) is 55.5 Å². The number of esters is 1. The third-order valence-electron chi connectivity index (χ3n) is 15.9. The molecule has 0 aromatic heterocycles. The van der Waals surface area contributed by atoms with Gasteiger partial charge in [-0.05, 0) is 131 Å². The molecule has 68 heavy (non-hydrogen) atoms. The number of nitrogens with zero attached hydrogens (tertiary/aromatic N) is 3. The number of benzene rings is 1. The van der Waals surface area contributed by atoms with Gasteiger partial charge < -0.3 is 63.8 Å². The molecule has 0 saturated carbocycles. The highest BCUT2D eigenvalue weighted by Crippen LogP contribution is 2.44. The van der Waals surface area contributed by atoms with Crippen LogP contribution in [-0.2, 0) is 43.2 Å². The number of hydrogen-bond donors (Lipinski definition) is 5. The number of cyclic esters (lactones) is 1. The van der Waals surface area contributed by atoms with Crippen molar-refractivity contribution in [2.45, 2.75) is 209 Å². The molecule has 4 aliphatic rings. The molecule has 19 heteroatoms. The average molecular weight is 1010 g/mol. The summed E-state index contributed by atoms with van der Waals surface area (Å²) in [6.45, 7) is 19.6. The van der Waals surface area contributed by atoms with E-state index in [0.717, 1.165) is 36.7 Å². The van der Waals surface area contributed by atoms with Crippen LogP contribution in [0, 0.1) is 17.8 Å². The van der Waals surface area contributed by atoms with Gasteiger partial charge in [-0.15, -0.1) is 0 Å². The Morgan fingerprint density at radius 1 is 0.926 bits per heavy atom. The fourth-order valence-electron chi connectivity index (χ4n) is 11.3. The van der Waals surface area contributed by atoms with Gasteiger partial charge in [0.25, 0.3) is 0 Å². The Morgan fingerprint density at radius 3 is 2.13 bits per heavy atom. The summed E-state index contributed by atoms with van der Waals surface area (Å²) < 4.78 is 68.0. The Kier molecular flexibility index (Phi) is 19.1. The van der Waals surface area contributed by atoms with Gasteiger partial charge in [0, 0.05) is 50.7 Å². The van der Waals surface area contributed by atoms with E-state index in [-0.39, 0.29) is 36.5 Å². The Labute approximate surface area is 410 Å². The molecule has 0 radical (unpaired) electrons. The quantitative estimate of drug-likeness (QED) is 0.197. The number of aliphatic hydroxyl groups is 5. The summed E-state index contributed by atoms with van der Waals surface area (Å²) >= 11 is 6.08. The summed E-state index contributed by atoms with van der Waals surface area (Å²) in [7, 11) is 0.579.